The van der Waals surface area contributed by atoms with Gasteiger partial charge in [0.2, 0.25) is 0 Å². The number of benzene rings is 2. The van der Waals surface area contributed by atoms with Crippen molar-refractivity contribution in [2.24, 2.45) is 35.1 Å². The molecule has 4 amide bonds. The Kier molecular flexibility index (Phi) is 27.0. The molecule has 2 aromatic carbocycles. The molecule has 1 aliphatic heterocycles. The molecule has 0 unspecified atom stereocenters. The average molecular weight is 1230 g/mol. The minimum Gasteiger partial charge on any atom is -0.489 e. The van der Waals surface area contributed by atoms with E-state index in [9.17, 15) is 28.8 Å². The highest BCUT2D eigenvalue weighted by Crippen LogP contribution is 2.25. The van der Waals surface area contributed by atoms with Crippen molar-refractivity contribution in [3.8, 4) is 11.5 Å². The Morgan fingerprint density at radius 2 is 0.705 bits per heavy atom. The van der Waals surface area contributed by atoms with Crippen LogP contribution in [0.2, 0.25) is 0 Å². The Balaban J connectivity index is 1.56. The summed E-state index contributed by atoms with van der Waals surface area (Å²) in [6, 6.07) is 9.21. The number of nitrogens with two attached hydrogens (primary N) is 2. The lowest BCUT2D eigenvalue weighted by atomic mass is 9.99. The predicted molar refractivity (Wildman–Crippen MR) is 327 cm³/mol. The number of aromatic nitrogens is 4. The number of carbonyl (C=O) groups excluding carboxylic acids is 8. The van der Waals surface area contributed by atoms with Gasteiger partial charge in [-0.05, 0) is 85.5 Å². The molecule has 8 atom stereocenters. The first-order valence-corrected chi connectivity index (χ1v) is 30.4. The molecular formula is C64H94N10O14. The summed E-state index contributed by atoms with van der Waals surface area (Å²) in [7, 11) is 5.53. The van der Waals surface area contributed by atoms with E-state index in [0.29, 0.717) is 62.0 Å². The lowest BCUT2D eigenvalue weighted by molar-refractivity contribution is -0.176. The summed E-state index contributed by atoms with van der Waals surface area (Å²) in [6.45, 7) is 19.6. The van der Waals surface area contributed by atoms with Gasteiger partial charge in [0.05, 0.1) is 37.9 Å². The minimum atomic E-state index is -1.57. The van der Waals surface area contributed by atoms with Gasteiger partial charge in [0, 0.05) is 54.1 Å². The number of amides is 4. The van der Waals surface area contributed by atoms with Gasteiger partial charge in [-0.2, -0.15) is 10.2 Å². The highest BCUT2D eigenvalue weighted by atomic mass is 16.6. The summed E-state index contributed by atoms with van der Waals surface area (Å²) in [6.07, 6.45) is 0.426. The number of esters is 4. The maximum atomic E-state index is 15.1. The van der Waals surface area contributed by atoms with Crippen molar-refractivity contribution < 1.29 is 66.8 Å². The fraction of sp³-hybridized carbons (Fsp3) is 0.594. The van der Waals surface area contributed by atoms with E-state index in [2.05, 4.69) is 10.2 Å². The van der Waals surface area contributed by atoms with E-state index in [-0.39, 0.29) is 62.2 Å². The van der Waals surface area contributed by atoms with Crippen LogP contribution in [0.15, 0.2) is 73.3 Å². The third kappa shape index (κ3) is 20.6. The second-order valence-electron chi connectivity index (χ2n) is 24.4. The monoisotopic (exact) mass is 1230 g/mol. The van der Waals surface area contributed by atoms with Gasteiger partial charge in [-0.25, -0.2) is 19.2 Å². The first-order valence-electron chi connectivity index (χ1n) is 30.4. The van der Waals surface area contributed by atoms with Crippen LogP contribution in [0, 0.1) is 23.7 Å². The van der Waals surface area contributed by atoms with Gasteiger partial charge in [0.1, 0.15) is 37.4 Å². The normalized spacial score (nSPS) is 22.1. The average Bonchev–Trinajstić information content (AvgIpc) is 4.26. The summed E-state index contributed by atoms with van der Waals surface area (Å²) in [5.74, 6) is -6.55. The molecule has 24 heteroatoms. The van der Waals surface area contributed by atoms with Crippen LogP contribution in [0.4, 0.5) is 0 Å². The number of nitrogens with zero attached hydrogens (tertiary/aromatic N) is 8. The molecular weight excluding hydrogens is 1130 g/mol. The second-order valence-corrected chi connectivity index (χ2v) is 24.4. The zero-order chi connectivity index (χ0) is 65.1. The number of likely N-dealkylation sites (N-methyl/N-ethyl adjacent to an activating group) is 4. The molecule has 88 heavy (non-hydrogen) atoms. The number of cyclic esters (lactones) is 4. The topological polar surface area (TPSA) is 293 Å². The van der Waals surface area contributed by atoms with Crippen molar-refractivity contribution in [2.45, 2.75) is 169 Å². The minimum absolute atomic E-state index is 0.0621. The van der Waals surface area contributed by atoms with Gasteiger partial charge in [-0.3, -0.25) is 28.5 Å². The van der Waals surface area contributed by atoms with Gasteiger partial charge in [-0.1, -0.05) is 104 Å². The second kappa shape index (κ2) is 33.5. The smallest absolute Gasteiger partial charge is 0.329 e. The number of ether oxygens (including phenoxy) is 6. The molecule has 1 aliphatic rings. The van der Waals surface area contributed by atoms with E-state index in [0.717, 1.165) is 30.7 Å². The van der Waals surface area contributed by atoms with E-state index in [1.807, 2.05) is 79.7 Å². The zero-order valence-electron chi connectivity index (χ0n) is 53.8. The summed E-state index contributed by atoms with van der Waals surface area (Å²) < 4.78 is 38.8. The molecule has 484 valence electrons. The van der Waals surface area contributed by atoms with Crippen LogP contribution in [0.5, 0.6) is 11.5 Å². The van der Waals surface area contributed by atoms with Crippen molar-refractivity contribution in [3.63, 3.8) is 0 Å². The lowest BCUT2D eigenvalue weighted by Gasteiger charge is -2.35. The SMILES string of the molecule is CC(C)C[C@H]1C(=O)O[C@H](Cc2ccc(Cn3cc(OCCN)cn3)cc2)C(=O)N(C)[C@@H](CC(C)C)C(=O)O[C@H](C)C(=O)N(C)[C@@H](CC(C)C)C(=O)O[C@H](Cc2ccc(Cn3cc(OCCN)cn3)cc2)C(=O)N(C)[C@@H](CC(C)C)C(=O)O[C@H](C)C(=O)N1C. The van der Waals surface area contributed by atoms with E-state index in [1.165, 1.54) is 42.0 Å². The third-order valence-electron chi connectivity index (χ3n) is 15.0. The molecule has 1 saturated heterocycles. The highest BCUT2D eigenvalue weighted by molar-refractivity contribution is 5.94. The number of carbonyl (C=O) groups is 8. The van der Waals surface area contributed by atoms with Crippen molar-refractivity contribution >= 4 is 47.5 Å². The van der Waals surface area contributed by atoms with Crippen molar-refractivity contribution in [2.75, 3.05) is 54.5 Å². The van der Waals surface area contributed by atoms with Gasteiger partial charge < -0.3 is 59.5 Å². The highest BCUT2D eigenvalue weighted by Gasteiger charge is 2.43. The van der Waals surface area contributed by atoms with E-state index in [1.54, 1.807) is 58.4 Å². The Hall–Kier alpha value is -7.86. The molecule has 0 aliphatic carbocycles. The standard InChI is InChI=1S/C64H94N10O14/c1-39(2)27-51-61(79)85-43(9)57(75)69(11)54(30-42(7)8)64(82)88-56(32-46-17-21-48(22-18-46)36-74-38-50(34-68-74)84-26-24-66)60(78)72(14)52(28-40(3)4)62(80)86-44(10)58(76)70(12)53(29-41(5)6)63(81)87-55(59(77)71(51)13)31-45-15-19-47(20-16-45)35-73-37-49(33-67-73)83-25-23-65/h15-22,33-34,37-44,51-56H,23-32,35-36,65-66H2,1-14H3/t43-,44-,51+,52+,53+,54+,55-,56-/m1/s1. The van der Waals surface area contributed by atoms with Gasteiger partial charge in [0.25, 0.3) is 23.6 Å². The van der Waals surface area contributed by atoms with Crippen LogP contribution < -0.4 is 20.9 Å². The van der Waals surface area contributed by atoms with Crippen molar-refractivity contribution in [1.82, 2.24) is 39.2 Å². The van der Waals surface area contributed by atoms with E-state index < -0.39 is 96.1 Å². The van der Waals surface area contributed by atoms with Crippen LogP contribution in [0.3, 0.4) is 0 Å². The molecule has 0 saturated carbocycles. The molecule has 4 aromatic rings. The lowest BCUT2D eigenvalue weighted by Crippen LogP contribution is -2.55. The zero-order valence-corrected chi connectivity index (χ0v) is 53.8. The fourth-order valence-electron chi connectivity index (χ4n) is 10.2. The molecule has 0 radical (unpaired) electrons. The summed E-state index contributed by atoms with van der Waals surface area (Å²) >= 11 is 0. The van der Waals surface area contributed by atoms with Gasteiger partial charge in [0.15, 0.2) is 35.9 Å². The number of hydrogen-bond acceptors (Lipinski definition) is 18. The van der Waals surface area contributed by atoms with Crippen LogP contribution in [-0.4, -0.2) is 190 Å². The third-order valence-corrected chi connectivity index (χ3v) is 15.0. The molecule has 0 spiro atoms. The Labute approximate surface area is 517 Å². The first-order chi connectivity index (χ1) is 41.6. The number of rotatable bonds is 22. The molecule has 2 aromatic heterocycles. The van der Waals surface area contributed by atoms with Crippen LogP contribution in [0.1, 0.15) is 117 Å². The van der Waals surface area contributed by atoms with Crippen molar-refractivity contribution in [1.29, 1.82) is 0 Å². The van der Waals surface area contributed by atoms with E-state index in [4.69, 9.17) is 39.9 Å². The van der Waals surface area contributed by atoms with Crippen LogP contribution in [-0.2, 0) is 83.2 Å². The van der Waals surface area contributed by atoms with Gasteiger partial charge >= 0.3 is 23.9 Å². The Bertz CT molecular complexity index is 2730. The largest absolute Gasteiger partial charge is 0.489 e. The summed E-state index contributed by atoms with van der Waals surface area (Å²) in [5, 5.41) is 8.73. The molecule has 5 rings (SSSR count). The summed E-state index contributed by atoms with van der Waals surface area (Å²) in [4.78, 5) is 123. The molecule has 4 N–H and O–H groups in total. The molecule has 0 bridgehead atoms. The summed E-state index contributed by atoms with van der Waals surface area (Å²) in [5.41, 5.74) is 14.0. The van der Waals surface area contributed by atoms with E-state index >= 15 is 9.59 Å². The molecule has 3 heterocycles. The predicted octanol–water partition coefficient (Wildman–Crippen LogP) is 4.83. The maximum absolute atomic E-state index is 15.1. The van der Waals surface area contributed by atoms with Crippen LogP contribution in [0.25, 0.3) is 0 Å². The van der Waals surface area contributed by atoms with Crippen LogP contribution >= 0.6 is 0 Å². The maximum Gasteiger partial charge on any atom is 0.329 e. The van der Waals surface area contributed by atoms with Crippen molar-refractivity contribution in [3.05, 3.63) is 95.6 Å². The quantitative estimate of drug-likeness (QED) is 0.0787. The Morgan fingerprint density at radius 1 is 0.432 bits per heavy atom. The first kappa shape index (κ1) is 70.9. The molecule has 24 nitrogen and oxygen atoms in total. The number of hydrogen-bond donors (Lipinski definition) is 2. The molecule has 1 fully saturated rings. The fourth-order valence-corrected chi connectivity index (χ4v) is 10.2. The Morgan fingerprint density at radius 3 is 0.989 bits per heavy atom. The van der Waals surface area contributed by atoms with Gasteiger partial charge in [-0.15, -0.1) is 0 Å².